The number of para-hydroxylation sites is 1. The molecule has 126 valence electrons. The van der Waals surface area contributed by atoms with Crippen molar-refractivity contribution in [3.63, 3.8) is 0 Å². The summed E-state index contributed by atoms with van der Waals surface area (Å²) in [5.74, 6) is -2.03. The number of nitrogens with one attached hydrogen (secondary N) is 2. The van der Waals surface area contributed by atoms with Crippen LogP contribution in [0.3, 0.4) is 0 Å². The Labute approximate surface area is 144 Å². The summed E-state index contributed by atoms with van der Waals surface area (Å²) in [6, 6.07) is 12.4. The van der Waals surface area contributed by atoms with Gasteiger partial charge in [-0.15, -0.1) is 0 Å². The van der Waals surface area contributed by atoms with Gasteiger partial charge in [0.25, 0.3) is 0 Å². The number of amides is 2. The Morgan fingerprint density at radius 3 is 2.72 bits per heavy atom. The number of hydrogen-bond donors (Lipinski definition) is 2. The lowest BCUT2D eigenvalue weighted by molar-refractivity contribution is -0.125. The number of rotatable bonds is 3. The number of pyridine rings is 1. The molecule has 2 aromatic rings. The first-order chi connectivity index (χ1) is 12.0. The van der Waals surface area contributed by atoms with Gasteiger partial charge in [-0.05, 0) is 24.3 Å². The summed E-state index contributed by atoms with van der Waals surface area (Å²) in [4.78, 5) is 42.2. The average Bonchev–Trinajstić information content (AvgIpc) is 3.28. The molecule has 1 aromatic carbocycles. The summed E-state index contributed by atoms with van der Waals surface area (Å²) in [6.45, 7) is 1.97. The van der Waals surface area contributed by atoms with Gasteiger partial charge in [-0.3, -0.25) is 19.4 Å². The molecule has 1 aromatic heterocycles. The van der Waals surface area contributed by atoms with Crippen LogP contribution in [0.15, 0.2) is 48.7 Å². The zero-order valence-electron chi connectivity index (χ0n) is 13.7. The number of carbonyl (C=O) groups excluding carboxylic acids is 3. The van der Waals surface area contributed by atoms with E-state index in [-0.39, 0.29) is 24.1 Å². The molecule has 0 bridgehead atoms. The van der Waals surface area contributed by atoms with Crippen LogP contribution >= 0.6 is 0 Å². The molecule has 4 rings (SSSR count). The van der Waals surface area contributed by atoms with Crippen molar-refractivity contribution < 1.29 is 14.4 Å². The largest absolute Gasteiger partial charge is 0.350 e. The molecule has 0 radical (unpaired) electrons. The maximum Gasteiger partial charge on any atom is 0.229 e. The Morgan fingerprint density at radius 2 is 1.96 bits per heavy atom. The number of fused-ring (bicyclic) bond motifs is 2. The van der Waals surface area contributed by atoms with Gasteiger partial charge in [-0.1, -0.05) is 25.1 Å². The molecule has 2 amide bonds. The normalized spacial score (nSPS) is 26.8. The number of carbonyl (C=O) groups is 3. The van der Waals surface area contributed by atoms with Gasteiger partial charge < -0.3 is 10.6 Å². The molecule has 1 saturated carbocycles. The molecule has 0 unspecified atom stereocenters. The van der Waals surface area contributed by atoms with Crippen molar-refractivity contribution in [3.8, 4) is 0 Å². The van der Waals surface area contributed by atoms with Gasteiger partial charge in [0.05, 0.1) is 35.2 Å². The zero-order valence-corrected chi connectivity index (χ0v) is 13.7. The Balaban J connectivity index is 1.57. The first kappa shape index (κ1) is 15.5. The monoisotopic (exact) mass is 335 g/mol. The molecule has 1 fully saturated rings. The maximum atomic E-state index is 13.0. The molecule has 6 nitrogen and oxygen atoms in total. The van der Waals surface area contributed by atoms with Crippen LogP contribution in [0.4, 0.5) is 5.69 Å². The van der Waals surface area contributed by atoms with Crippen molar-refractivity contribution in [3.05, 3.63) is 59.9 Å². The molecule has 1 aliphatic carbocycles. The van der Waals surface area contributed by atoms with Gasteiger partial charge in [0.1, 0.15) is 0 Å². The fourth-order valence-corrected chi connectivity index (χ4v) is 3.72. The zero-order chi connectivity index (χ0) is 17.6. The highest BCUT2D eigenvalue weighted by Crippen LogP contribution is 2.62. The van der Waals surface area contributed by atoms with Crippen molar-refractivity contribution >= 4 is 23.3 Å². The number of aromatic nitrogens is 1. The van der Waals surface area contributed by atoms with Crippen molar-refractivity contribution in [2.45, 2.75) is 13.5 Å². The van der Waals surface area contributed by atoms with E-state index in [1.807, 2.05) is 6.07 Å². The molecule has 6 heteroatoms. The van der Waals surface area contributed by atoms with Gasteiger partial charge >= 0.3 is 0 Å². The fourth-order valence-electron chi connectivity index (χ4n) is 3.72. The number of ketones is 1. The van der Waals surface area contributed by atoms with Crippen LogP contribution in [0.5, 0.6) is 0 Å². The molecule has 2 N–H and O–H groups in total. The lowest BCUT2D eigenvalue weighted by Crippen LogP contribution is -2.29. The first-order valence-electron chi connectivity index (χ1n) is 8.16. The van der Waals surface area contributed by atoms with E-state index in [0.29, 0.717) is 11.3 Å². The fraction of sp³-hybridized carbons (Fsp3) is 0.263. The third-order valence-electron chi connectivity index (χ3n) is 5.17. The highest BCUT2D eigenvalue weighted by molar-refractivity contribution is 6.19. The van der Waals surface area contributed by atoms with Crippen LogP contribution in [-0.2, 0) is 16.1 Å². The van der Waals surface area contributed by atoms with Crippen LogP contribution in [0.25, 0.3) is 0 Å². The summed E-state index contributed by atoms with van der Waals surface area (Å²) in [6.07, 6.45) is 1.65. The van der Waals surface area contributed by atoms with Crippen molar-refractivity contribution in [2.24, 2.45) is 17.3 Å². The van der Waals surface area contributed by atoms with E-state index in [2.05, 4.69) is 15.6 Å². The topological polar surface area (TPSA) is 88.2 Å². The molecule has 2 heterocycles. The molecule has 3 atom stereocenters. The highest BCUT2D eigenvalue weighted by atomic mass is 16.2. The Hall–Kier alpha value is -3.02. The van der Waals surface area contributed by atoms with Gasteiger partial charge in [-0.2, -0.15) is 0 Å². The maximum absolute atomic E-state index is 13.0. The van der Waals surface area contributed by atoms with Crippen molar-refractivity contribution in [1.82, 2.24) is 10.3 Å². The second-order valence-corrected chi connectivity index (χ2v) is 6.64. The van der Waals surface area contributed by atoms with E-state index >= 15 is 0 Å². The van der Waals surface area contributed by atoms with Crippen molar-refractivity contribution in [2.75, 3.05) is 5.32 Å². The summed E-state index contributed by atoms with van der Waals surface area (Å²) in [5, 5.41) is 5.57. The highest BCUT2D eigenvalue weighted by Gasteiger charge is 2.73. The third kappa shape index (κ3) is 2.33. The van der Waals surface area contributed by atoms with Crippen LogP contribution in [0.1, 0.15) is 23.0 Å². The number of anilines is 1. The van der Waals surface area contributed by atoms with Gasteiger partial charge in [0.2, 0.25) is 11.8 Å². The summed E-state index contributed by atoms with van der Waals surface area (Å²) in [7, 11) is 0. The number of Topliss-reactive ketones (excluding diaryl/α,β-unsaturated/α-hetero) is 1. The van der Waals surface area contributed by atoms with E-state index in [4.69, 9.17) is 0 Å². The summed E-state index contributed by atoms with van der Waals surface area (Å²) >= 11 is 0. The quantitative estimate of drug-likeness (QED) is 0.895. The second kappa shape index (κ2) is 5.51. The van der Waals surface area contributed by atoms with E-state index in [0.717, 1.165) is 5.69 Å². The Kier molecular flexibility index (Phi) is 3.42. The summed E-state index contributed by atoms with van der Waals surface area (Å²) in [5.41, 5.74) is 0.702. The summed E-state index contributed by atoms with van der Waals surface area (Å²) < 4.78 is 0. The lowest BCUT2D eigenvalue weighted by atomic mass is 9.92. The van der Waals surface area contributed by atoms with Crippen LogP contribution in [0.2, 0.25) is 0 Å². The predicted molar refractivity (Wildman–Crippen MR) is 90.6 cm³/mol. The number of nitrogens with zero attached hydrogens (tertiary/aromatic N) is 1. The molecular formula is C19H17N3O3. The minimum Gasteiger partial charge on any atom is -0.350 e. The van der Waals surface area contributed by atoms with Crippen LogP contribution in [0, 0.1) is 17.3 Å². The molecule has 0 saturated heterocycles. The number of benzene rings is 1. The van der Waals surface area contributed by atoms with Crippen LogP contribution in [-0.4, -0.2) is 22.6 Å². The Morgan fingerprint density at radius 1 is 1.20 bits per heavy atom. The Bertz CT molecular complexity index is 880. The molecule has 2 aliphatic rings. The molecule has 1 aliphatic heterocycles. The molecule has 25 heavy (non-hydrogen) atoms. The van der Waals surface area contributed by atoms with E-state index in [1.165, 1.54) is 0 Å². The van der Waals surface area contributed by atoms with E-state index in [9.17, 15) is 14.4 Å². The average molecular weight is 335 g/mol. The van der Waals surface area contributed by atoms with E-state index in [1.54, 1.807) is 49.5 Å². The van der Waals surface area contributed by atoms with E-state index < -0.39 is 17.3 Å². The van der Waals surface area contributed by atoms with Crippen LogP contribution < -0.4 is 10.6 Å². The first-order valence-corrected chi connectivity index (χ1v) is 8.16. The SMILES string of the molecule is C[C@]12C(=O)c3ccccc3NC(=O)[C@@H]1[C@H]2C(=O)NCc1ccccn1. The lowest BCUT2D eigenvalue weighted by Gasteiger charge is -2.12. The molecular weight excluding hydrogens is 318 g/mol. The minimum atomic E-state index is -0.995. The van der Waals surface area contributed by atoms with Gasteiger partial charge in [0.15, 0.2) is 5.78 Å². The third-order valence-corrected chi connectivity index (χ3v) is 5.17. The minimum absolute atomic E-state index is 0.163. The second-order valence-electron chi connectivity index (χ2n) is 6.64. The molecule has 0 spiro atoms. The van der Waals surface area contributed by atoms with Gasteiger partial charge in [0, 0.05) is 11.8 Å². The number of hydrogen-bond acceptors (Lipinski definition) is 4. The smallest absolute Gasteiger partial charge is 0.229 e. The van der Waals surface area contributed by atoms with Gasteiger partial charge in [-0.25, -0.2) is 0 Å². The van der Waals surface area contributed by atoms with Crippen molar-refractivity contribution in [1.29, 1.82) is 0 Å². The predicted octanol–water partition coefficient (Wildman–Crippen LogP) is 1.79. The standard InChI is InChI=1S/C19H17N3O3/c1-19-14(17(24)21-10-11-6-4-5-9-20-11)15(19)18(25)22-13-8-3-2-7-12(13)16(19)23/h2-9,14-15H,10H2,1H3,(H,21,24)(H,22,25)/t14-,15-,19+/m0/s1.